The zero-order chi connectivity index (χ0) is 15.4. The molecule has 0 saturated heterocycles. The molecule has 0 saturated carbocycles. The smallest absolute Gasteiger partial charge is 0.314 e. The first-order valence-corrected chi connectivity index (χ1v) is 6.57. The molecule has 0 heterocycles. The molecule has 2 aromatic carbocycles. The summed E-state index contributed by atoms with van der Waals surface area (Å²) in [5.41, 5.74) is 7.90. The molecule has 0 atom stereocenters. The lowest BCUT2D eigenvalue weighted by Crippen LogP contribution is -2.29. The van der Waals surface area contributed by atoms with E-state index in [2.05, 4.69) is 10.6 Å². The summed E-state index contributed by atoms with van der Waals surface area (Å²) in [6.07, 6.45) is 0. The highest BCUT2D eigenvalue weighted by atomic mass is 35.5. The van der Waals surface area contributed by atoms with Gasteiger partial charge in [-0.1, -0.05) is 23.7 Å². The Hall–Kier alpha value is -2.53. The fourth-order valence-electron chi connectivity index (χ4n) is 1.72. The van der Waals surface area contributed by atoms with Gasteiger partial charge < -0.3 is 16.4 Å². The minimum atomic E-state index is -0.803. The van der Waals surface area contributed by atoms with Gasteiger partial charge in [0.15, 0.2) is 0 Å². The number of nitrogens with two attached hydrogens (primary N) is 1. The van der Waals surface area contributed by atoms with E-state index in [1.54, 1.807) is 24.3 Å². The molecule has 0 aromatic heterocycles. The summed E-state index contributed by atoms with van der Waals surface area (Å²) in [4.78, 5) is 23.6. The molecule has 0 aliphatic carbocycles. The van der Waals surface area contributed by atoms with Crippen molar-refractivity contribution in [3.8, 4) is 0 Å². The Morgan fingerprint density at radius 3 is 2.43 bits per heavy atom. The third-order valence-corrected chi connectivity index (χ3v) is 3.04. The van der Waals surface area contributed by atoms with E-state index in [1.807, 2.05) is 13.0 Å². The van der Waals surface area contributed by atoms with Gasteiger partial charge in [-0.05, 0) is 42.8 Å². The predicted molar refractivity (Wildman–Crippen MR) is 84.3 cm³/mol. The van der Waals surface area contributed by atoms with E-state index in [1.165, 1.54) is 12.1 Å². The molecule has 6 heteroatoms. The maximum atomic E-state index is 11.8. The summed E-state index contributed by atoms with van der Waals surface area (Å²) in [5, 5.41) is 5.22. The van der Waals surface area contributed by atoms with Gasteiger partial charge in [-0.2, -0.15) is 0 Å². The number of carbonyl (C=O) groups is 2. The van der Waals surface area contributed by atoms with Crippen LogP contribution >= 0.6 is 11.6 Å². The van der Waals surface area contributed by atoms with Gasteiger partial charge in [0.05, 0.1) is 10.7 Å². The summed E-state index contributed by atoms with van der Waals surface area (Å²) < 4.78 is 0. The van der Waals surface area contributed by atoms with Crippen molar-refractivity contribution >= 4 is 40.5 Å². The molecular formula is C15H14ClN3O2. The molecule has 2 amide bonds. The van der Waals surface area contributed by atoms with E-state index in [9.17, 15) is 9.59 Å². The fraction of sp³-hybridized carbons (Fsp3) is 0.0667. The highest BCUT2D eigenvalue weighted by Crippen LogP contribution is 2.24. The third kappa shape index (κ3) is 3.97. The summed E-state index contributed by atoms with van der Waals surface area (Å²) in [5.74, 6) is -1.57. The predicted octanol–water partition coefficient (Wildman–Crippen LogP) is 2.81. The van der Waals surface area contributed by atoms with Crippen LogP contribution in [0.2, 0.25) is 5.02 Å². The summed E-state index contributed by atoms with van der Waals surface area (Å²) in [6, 6.07) is 11.8. The van der Waals surface area contributed by atoms with Gasteiger partial charge in [0, 0.05) is 11.4 Å². The van der Waals surface area contributed by atoms with Crippen LogP contribution in [0, 0.1) is 6.92 Å². The second kappa shape index (κ2) is 6.28. The summed E-state index contributed by atoms with van der Waals surface area (Å²) in [7, 11) is 0. The van der Waals surface area contributed by atoms with Crippen LogP contribution in [0.3, 0.4) is 0 Å². The molecule has 0 unspecified atom stereocenters. The molecular weight excluding hydrogens is 290 g/mol. The lowest BCUT2D eigenvalue weighted by Gasteiger charge is -2.08. The van der Waals surface area contributed by atoms with Crippen molar-refractivity contribution in [3.05, 3.63) is 53.1 Å². The molecule has 21 heavy (non-hydrogen) atoms. The van der Waals surface area contributed by atoms with Crippen LogP contribution in [0.5, 0.6) is 0 Å². The Kier molecular flexibility index (Phi) is 4.45. The summed E-state index contributed by atoms with van der Waals surface area (Å²) >= 11 is 5.93. The van der Waals surface area contributed by atoms with Gasteiger partial charge in [-0.3, -0.25) is 9.59 Å². The average Bonchev–Trinajstić information content (AvgIpc) is 2.41. The lowest BCUT2D eigenvalue weighted by molar-refractivity contribution is -0.132. The number of hydrogen-bond donors (Lipinski definition) is 3. The number of benzene rings is 2. The quantitative estimate of drug-likeness (QED) is 0.589. The van der Waals surface area contributed by atoms with Crippen molar-refractivity contribution in [2.45, 2.75) is 6.92 Å². The maximum absolute atomic E-state index is 11.8. The van der Waals surface area contributed by atoms with Gasteiger partial charge in [0.1, 0.15) is 0 Å². The lowest BCUT2D eigenvalue weighted by atomic mass is 10.2. The van der Waals surface area contributed by atoms with Crippen molar-refractivity contribution in [2.24, 2.45) is 0 Å². The van der Waals surface area contributed by atoms with E-state index < -0.39 is 11.8 Å². The Morgan fingerprint density at radius 2 is 1.76 bits per heavy atom. The van der Waals surface area contributed by atoms with Gasteiger partial charge >= 0.3 is 11.8 Å². The Bertz CT molecular complexity index is 701. The number of nitrogen functional groups attached to an aromatic ring is 1. The number of amides is 2. The van der Waals surface area contributed by atoms with Crippen molar-refractivity contribution in [1.82, 2.24) is 0 Å². The van der Waals surface area contributed by atoms with Gasteiger partial charge in [0.25, 0.3) is 0 Å². The van der Waals surface area contributed by atoms with Crippen molar-refractivity contribution in [2.75, 3.05) is 16.4 Å². The number of carbonyl (C=O) groups excluding carboxylic acids is 2. The fourth-order valence-corrected chi connectivity index (χ4v) is 1.96. The molecule has 108 valence electrons. The van der Waals surface area contributed by atoms with Crippen LogP contribution in [-0.2, 0) is 9.59 Å². The minimum absolute atomic E-state index is 0.270. The van der Waals surface area contributed by atoms with Crippen LogP contribution in [0.4, 0.5) is 17.1 Å². The van der Waals surface area contributed by atoms with Crippen LogP contribution in [-0.4, -0.2) is 11.8 Å². The molecule has 4 N–H and O–H groups in total. The number of nitrogens with one attached hydrogen (secondary N) is 2. The molecule has 2 rings (SSSR count). The molecule has 0 aliphatic rings. The second-order valence-electron chi connectivity index (χ2n) is 4.52. The van der Waals surface area contributed by atoms with E-state index in [0.29, 0.717) is 17.1 Å². The molecule has 2 aromatic rings. The van der Waals surface area contributed by atoms with E-state index in [0.717, 1.165) is 5.56 Å². The third-order valence-electron chi connectivity index (χ3n) is 2.72. The Balaban J connectivity index is 2.04. The molecule has 0 spiro atoms. The molecule has 0 aliphatic heterocycles. The normalized spacial score (nSPS) is 10.0. The topological polar surface area (TPSA) is 84.2 Å². The van der Waals surface area contributed by atoms with Crippen LogP contribution in [0.1, 0.15) is 5.56 Å². The number of anilines is 3. The average molecular weight is 304 g/mol. The maximum Gasteiger partial charge on any atom is 0.314 e. The van der Waals surface area contributed by atoms with Crippen LogP contribution in [0.25, 0.3) is 0 Å². The van der Waals surface area contributed by atoms with Crippen molar-refractivity contribution in [3.63, 3.8) is 0 Å². The first-order valence-electron chi connectivity index (χ1n) is 6.20. The molecule has 5 nitrogen and oxygen atoms in total. The number of aryl methyl sites for hydroxylation is 1. The Morgan fingerprint density at radius 1 is 1.05 bits per heavy atom. The minimum Gasteiger partial charge on any atom is -0.399 e. The number of halogens is 1. The molecule has 0 bridgehead atoms. The standard InChI is InChI=1S/C15H14ClN3O2/c1-9-3-2-4-11(7-9)18-14(20)15(21)19-13-6-5-10(17)8-12(13)16/h2-8H,17H2,1H3,(H,18,20)(H,19,21). The zero-order valence-corrected chi connectivity index (χ0v) is 12.1. The first kappa shape index (κ1) is 14.9. The van der Waals surface area contributed by atoms with Gasteiger partial charge in [-0.15, -0.1) is 0 Å². The van der Waals surface area contributed by atoms with Crippen molar-refractivity contribution in [1.29, 1.82) is 0 Å². The largest absolute Gasteiger partial charge is 0.399 e. The van der Waals surface area contributed by atoms with Gasteiger partial charge in [0.2, 0.25) is 0 Å². The highest BCUT2D eigenvalue weighted by molar-refractivity contribution is 6.44. The highest BCUT2D eigenvalue weighted by Gasteiger charge is 2.15. The number of hydrogen-bond acceptors (Lipinski definition) is 3. The monoisotopic (exact) mass is 303 g/mol. The SMILES string of the molecule is Cc1cccc(NC(=O)C(=O)Nc2ccc(N)cc2Cl)c1. The number of rotatable bonds is 2. The Labute approximate surface area is 127 Å². The van der Waals surface area contributed by atoms with E-state index in [4.69, 9.17) is 17.3 Å². The van der Waals surface area contributed by atoms with E-state index in [-0.39, 0.29) is 5.02 Å². The summed E-state index contributed by atoms with van der Waals surface area (Å²) in [6.45, 7) is 1.89. The first-order chi connectivity index (χ1) is 9.95. The molecule has 0 fully saturated rings. The van der Waals surface area contributed by atoms with Crippen LogP contribution in [0.15, 0.2) is 42.5 Å². The van der Waals surface area contributed by atoms with E-state index >= 15 is 0 Å². The van der Waals surface area contributed by atoms with Crippen LogP contribution < -0.4 is 16.4 Å². The second-order valence-corrected chi connectivity index (χ2v) is 4.92. The van der Waals surface area contributed by atoms with Crippen molar-refractivity contribution < 1.29 is 9.59 Å². The van der Waals surface area contributed by atoms with Gasteiger partial charge in [-0.25, -0.2) is 0 Å². The zero-order valence-electron chi connectivity index (χ0n) is 11.3. The molecule has 0 radical (unpaired) electrons.